The Morgan fingerprint density at radius 1 is 1.00 bits per heavy atom. The fourth-order valence-electron chi connectivity index (χ4n) is 3.27. The average molecular weight is 366 g/mol. The Morgan fingerprint density at radius 3 is 2.15 bits per heavy atom. The van der Waals surface area contributed by atoms with Crippen LogP contribution in [0.25, 0.3) is 0 Å². The van der Waals surface area contributed by atoms with Gasteiger partial charge in [-0.3, -0.25) is 14.6 Å². The minimum Gasteiger partial charge on any atom is -0.468 e. The van der Waals surface area contributed by atoms with E-state index in [1.54, 1.807) is 0 Å². The van der Waals surface area contributed by atoms with Crippen molar-refractivity contribution in [2.45, 2.75) is 19.4 Å². The third-order valence-electron chi connectivity index (χ3n) is 4.76. The Morgan fingerprint density at radius 2 is 1.59 bits per heavy atom. The van der Waals surface area contributed by atoms with Gasteiger partial charge in [0.1, 0.15) is 5.84 Å². The number of esters is 2. The minimum atomic E-state index is -1.63. The number of nitrogens with zero attached hydrogens (tertiary/aromatic N) is 1. The van der Waals surface area contributed by atoms with Crippen LogP contribution in [0.15, 0.2) is 59.6 Å². The summed E-state index contributed by atoms with van der Waals surface area (Å²) in [5.41, 5.74) is 1.13. The van der Waals surface area contributed by atoms with E-state index in [2.05, 4.69) is 10.3 Å². The molecule has 0 amide bonds. The van der Waals surface area contributed by atoms with Crippen molar-refractivity contribution in [3.8, 4) is 0 Å². The Balaban J connectivity index is 2.07. The number of ether oxygens (including phenoxy) is 2. The van der Waals surface area contributed by atoms with E-state index in [1.165, 1.54) is 14.2 Å². The van der Waals surface area contributed by atoms with Crippen LogP contribution in [-0.2, 0) is 19.1 Å². The molecule has 0 fully saturated rings. The quantitative estimate of drug-likeness (QED) is 0.664. The number of aryl methyl sites for hydroxylation is 1. The maximum atomic E-state index is 12.7. The highest BCUT2D eigenvalue weighted by molar-refractivity contribution is 6.26. The average Bonchev–Trinajstić information content (AvgIpc) is 3.08. The number of hydrogen-bond donors (Lipinski definition) is 1. The van der Waals surface area contributed by atoms with Gasteiger partial charge in [-0.05, 0) is 24.6 Å². The van der Waals surface area contributed by atoms with Crippen molar-refractivity contribution in [2.24, 2.45) is 10.4 Å². The van der Waals surface area contributed by atoms with Gasteiger partial charge in [0.05, 0.1) is 20.3 Å². The molecule has 140 valence electrons. The van der Waals surface area contributed by atoms with Gasteiger partial charge in [-0.1, -0.05) is 48.0 Å². The highest BCUT2D eigenvalue weighted by Gasteiger charge is 2.58. The summed E-state index contributed by atoms with van der Waals surface area (Å²) < 4.78 is 9.94. The second kappa shape index (κ2) is 7.61. The third-order valence-corrected chi connectivity index (χ3v) is 4.76. The fraction of sp³-hybridized carbons (Fsp3) is 0.286. The van der Waals surface area contributed by atoms with E-state index in [9.17, 15) is 9.59 Å². The van der Waals surface area contributed by atoms with Crippen LogP contribution < -0.4 is 5.32 Å². The number of aliphatic imine (C=N–C) groups is 1. The molecule has 0 radical (unpaired) electrons. The first kappa shape index (κ1) is 18.6. The summed E-state index contributed by atoms with van der Waals surface area (Å²) >= 11 is 0. The van der Waals surface area contributed by atoms with Crippen molar-refractivity contribution in [1.82, 2.24) is 0 Å². The van der Waals surface area contributed by atoms with Gasteiger partial charge < -0.3 is 14.8 Å². The SMILES string of the molecule is COC(=O)C1(C(=O)OC)CC(c2ccc(C)cc2)N=C1Nc1ccccc1. The van der Waals surface area contributed by atoms with Gasteiger partial charge in [0.25, 0.3) is 0 Å². The molecule has 1 heterocycles. The zero-order valence-corrected chi connectivity index (χ0v) is 15.6. The maximum Gasteiger partial charge on any atom is 0.331 e. The van der Waals surface area contributed by atoms with Crippen molar-refractivity contribution in [2.75, 3.05) is 19.5 Å². The van der Waals surface area contributed by atoms with Gasteiger partial charge >= 0.3 is 11.9 Å². The molecule has 0 spiro atoms. The van der Waals surface area contributed by atoms with Gasteiger partial charge in [0.2, 0.25) is 5.41 Å². The molecule has 0 saturated carbocycles. The molecule has 3 rings (SSSR count). The highest BCUT2D eigenvalue weighted by atomic mass is 16.5. The lowest BCUT2D eigenvalue weighted by Crippen LogP contribution is -2.48. The first-order valence-corrected chi connectivity index (χ1v) is 8.65. The fourth-order valence-corrected chi connectivity index (χ4v) is 3.27. The molecule has 2 aromatic rings. The normalized spacial score (nSPS) is 17.7. The van der Waals surface area contributed by atoms with Crippen LogP contribution in [-0.4, -0.2) is 32.0 Å². The zero-order valence-electron chi connectivity index (χ0n) is 15.6. The molecule has 1 N–H and O–H groups in total. The molecule has 27 heavy (non-hydrogen) atoms. The van der Waals surface area contributed by atoms with Gasteiger partial charge in [0, 0.05) is 12.1 Å². The van der Waals surface area contributed by atoms with Crippen LogP contribution in [0.1, 0.15) is 23.6 Å². The molecule has 0 saturated heterocycles. The second-order valence-electron chi connectivity index (χ2n) is 6.49. The first-order valence-electron chi connectivity index (χ1n) is 8.65. The monoisotopic (exact) mass is 366 g/mol. The molecule has 1 unspecified atom stereocenters. The predicted molar refractivity (Wildman–Crippen MR) is 103 cm³/mol. The van der Waals surface area contributed by atoms with E-state index >= 15 is 0 Å². The Kier molecular flexibility index (Phi) is 5.26. The van der Waals surface area contributed by atoms with E-state index in [1.807, 2.05) is 61.5 Å². The molecular weight excluding hydrogens is 344 g/mol. The highest BCUT2D eigenvalue weighted by Crippen LogP contribution is 2.43. The molecule has 0 bridgehead atoms. The predicted octanol–water partition coefficient (Wildman–Crippen LogP) is 3.28. The van der Waals surface area contributed by atoms with Gasteiger partial charge in [0.15, 0.2) is 0 Å². The van der Waals surface area contributed by atoms with E-state index in [4.69, 9.17) is 9.47 Å². The molecule has 6 nitrogen and oxygen atoms in total. The molecule has 6 heteroatoms. The van der Waals surface area contributed by atoms with E-state index in [0.717, 1.165) is 16.8 Å². The maximum absolute atomic E-state index is 12.7. The lowest BCUT2D eigenvalue weighted by Gasteiger charge is -2.26. The van der Waals surface area contributed by atoms with Crippen LogP contribution in [0, 0.1) is 12.3 Å². The Bertz CT molecular complexity index is 844. The van der Waals surface area contributed by atoms with Crippen molar-refractivity contribution >= 4 is 23.5 Å². The number of anilines is 1. The summed E-state index contributed by atoms with van der Waals surface area (Å²) in [5, 5.41) is 3.12. The molecule has 1 aliphatic heterocycles. The summed E-state index contributed by atoms with van der Waals surface area (Å²) in [5.74, 6) is -1.14. The standard InChI is InChI=1S/C21H22N2O4/c1-14-9-11-15(12-10-14)17-13-21(19(24)26-2,20(25)27-3)18(23-17)22-16-7-5-4-6-8-16/h4-12,17H,13H2,1-3H3,(H,22,23). The van der Waals surface area contributed by atoms with Gasteiger partial charge in [-0.2, -0.15) is 0 Å². The van der Waals surface area contributed by atoms with Crippen LogP contribution in [0.2, 0.25) is 0 Å². The number of amidine groups is 1. The number of benzene rings is 2. The summed E-state index contributed by atoms with van der Waals surface area (Å²) in [6.07, 6.45) is 0.143. The van der Waals surface area contributed by atoms with E-state index < -0.39 is 17.4 Å². The van der Waals surface area contributed by atoms with E-state index in [-0.39, 0.29) is 18.3 Å². The largest absolute Gasteiger partial charge is 0.468 e. The first-order chi connectivity index (χ1) is 13.0. The molecule has 0 aromatic heterocycles. The summed E-state index contributed by atoms with van der Waals surface area (Å²) in [7, 11) is 2.51. The topological polar surface area (TPSA) is 77.0 Å². The molecule has 1 atom stereocenters. The lowest BCUT2D eigenvalue weighted by molar-refractivity contribution is -0.163. The number of para-hydroxylation sites is 1. The number of methoxy groups -OCH3 is 2. The number of carbonyl (C=O) groups is 2. The minimum absolute atomic E-state index is 0.143. The van der Waals surface area contributed by atoms with Crippen LogP contribution in [0.5, 0.6) is 0 Å². The van der Waals surface area contributed by atoms with Crippen LogP contribution in [0.4, 0.5) is 5.69 Å². The number of rotatable bonds is 4. The van der Waals surface area contributed by atoms with Gasteiger partial charge in [-0.25, -0.2) is 0 Å². The number of carbonyl (C=O) groups excluding carboxylic acids is 2. The van der Waals surface area contributed by atoms with Crippen molar-refractivity contribution in [1.29, 1.82) is 0 Å². The summed E-state index contributed by atoms with van der Waals surface area (Å²) in [6, 6.07) is 16.8. The van der Waals surface area contributed by atoms with Crippen LogP contribution >= 0.6 is 0 Å². The smallest absolute Gasteiger partial charge is 0.331 e. The molecule has 0 aliphatic carbocycles. The molecule has 2 aromatic carbocycles. The number of nitrogens with one attached hydrogen (secondary N) is 1. The van der Waals surface area contributed by atoms with Crippen molar-refractivity contribution in [3.63, 3.8) is 0 Å². The number of hydrogen-bond acceptors (Lipinski definition) is 6. The summed E-state index contributed by atoms with van der Waals surface area (Å²) in [4.78, 5) is 30.1. The van der Waals surface area contributed by atoms with Gasteiger partial charge in [-0.15, -0.1) is 0 Å². The molecular formula is C21H22N2O4. The van der Waals surface area contributed by atoms with Crippen LogP contribution in [0.3, 0.4) is 0 Å². The third kappa shape index (κ3) is 3.43. The second-order valence-corrected chi connectivity index (χ2v) is 6.49. The van der Waals surface area contributed by atoms with Crippen molar-refractivity contribution < 1.29 is 19.1 Å². The Labute approximate surface area is 158 Å². The molecule has 1 aliphatic rings. The zero-order chi connectivity index (χ0) is 19.4. The lowest BCUT2D eigenvalue weighted by atomic mass is 9.81. The van der Waals surface area contributed by atoms with E-state index in [0.29, 0.717) is 0 Å². The summed E-state index contributed by atoms with van der Waals surface area (Å²) in [6.45, 7) is 2.00. The van der Waals surface area contributed by atoms with Crippen molar-refractivity contribution in [3.05, 3.63) is 65.7 Å². The Hall–Kier alpha value is -3.15.